The molecule has 0 aliphatic heterocycles. The van der Waals surface area contributed by atoms with Gasteiger partial charge in [0.15, 0.2) is 0 Å². The first-order valence-corrected chi connectivity index (χ1v) is 16.7. The molecule has 0 spiro atoms. The largest absolute Gasteiger partial charge is 2.00 e. The number of benzene rings is 4. The summed E-state index contributed by atoms with van der Waals surface area (Å²) in [6.07, 6.45) is 11.8. The number of nitriles is 2. The van der Waals surface area contributed by atoms with Crippen molar-refractivity contribution in [2.75, 3.05) is 0 Å². The van der Waals surface area contributed by atoms with Crippen LogP contribution in [0, 0.1) is 47.3 Å². The second-order valence-electron chi connectivity index (χ2n) is 11.3. The predicted octanol–water partition coefficient (Wildman–Crippen LogP) is 10.7. The SMILES string of the molecule is C#CCCC#N.C#CCCC#N.[Ru+2].c1ccc2nc(-c3ccc4ccccc4n3)ccc2c1.c1ccc2nc(-c3ccc4ccccc4n3)ccc2c1. The molecule has 4 aromatic heterocycles. The van der Waals surface area contributed by atoms with E-state index >= 15 is 0 Å². The number of nitrogens with zero attached hydrogens (tertiary/aromatic N) is 6. The first-order chi connectivity index (χ1) is 25.6. The van der Waals surface area contributed by atoms with Crippen molar-refractivity contribution in [2.45, 2.75) is 25.7 Å². The van der Waals surface area contributed by atoms with Crippen LogP contribution < -0.4 is 0 Å². The van der Waals surface area contributed by atoms with Crippen LogP contribution in [0.3, 0.4) is 0 Å². The van der Waals surface area contributed by atoms with E-state index in [0.717, 1.165) is 66.4 Å². The normalized spacial score (nSPS) is 9.58. The predicted molar refractivity (Wildman–Crippen MR) is 212 cm³/mol. The van der Waals surface area contributed by atoms with Crippen LogP contribution in [0.25, 0.3) is 66.4 Å². The van der Waals surface area contributed by atoms with Crippen LogP contribution in [0.4, 0.5) is 0 Å². The summed E-state index contributed by atoms with van der Waals surface area (Å²) in [4.78, 5) is 18.8. The summed E-state index contributed by atoms with van der Waals surface area (Å²) >= 11 is 0. The van der Waals surface area contributed by atoms with Crippen LogP contribution in [0.5, 0.6) is 0 Å². The van der Waals surface area contributed by atoms with Crippen molar-refractivity contribution in [1.82, 2.24) is 19.9 Å². The Morgan fingerprint density at radius 2 is 0.604 bits per heavy atom. The molecule has 0 saturated carbocycles. The van der Waals surface area contributed by atoms with Crippen LogP contribution in [-0.4, -0.2) is 19.9 Å². The molecule has 8 rings (SSSR count). The Kier molecular flexibility index (Phi) is 15.3. The van der Waals surface area contributed by atoms with Gasteiger partial charge in [-0.3, -0.25) is 0 Å². The summed E-state index contributed by atoms with van der Waals surface area (Å²) < 4.78 is 0. The van der Waals surface area contributed by atoms with Crippen LogP contribution >= 0.6 is 0 Å². The van der Waals surface area contributed by atoms with Gasteiger partial charge in [0, 0.05) is 47.2 Å². The molecular weight excluding hydrogens is 738 g/mol. The van der Waals surface area contributed by atoms with Gasteiger partial charge in [0.2, 0.25) is 0 Å². The standard InChI is InChI=1S/2C18H12N2.2C5H5N.Ru/c2*1-3-7-15-13(5-1)9-11-17(19-15)18-12-10-14-6-2-4-8-16(14)20-18;2*1-2-3-4-5-6;/h2*1-12H;2*1H,3-4H2;/q;;;;+2. The molecule has 4 heterocycles. The Morgan fingerprint density at radius 1 is 0.358 bits per heavy atom. The van der Waals surface area contributed by atoms with Gasteiger partial charge in [0.05, 0.1) is 57.0 Å². The zero-order valence-corrected chi connectivity index (χ0v) is 30.6. The van der Waals surface area contributed by atoms with Crippen LogP contribution in [0.2, 0.25) is 0 Å². The Balaban J connectivity index is 0.000000180. The molecule has 0 amide bonds. The van der Waals surface area contributed by atoms with Crippen LogP contribution in [0.15, 0.2) is 146 Å². The Labute approximate surface area is 323 Å². The zero-order chi connectivity index (χ0) is 36.4. The van der Waals surface area contributed by atoms with Gasteiger partial charge in [-0.1, -0.05) is 97.1 Å². The van der Waals surface area contributed by atoms with Crippen molar-refractivity contribution in [2.24, 2.45) is 0 Å². The molecule has 254 valence electrons. The Hall–Kier alpha value is -6.76. The van der Waals surface area contributed by atoms with Gasteiger partial charge in [0.25, 0.3) is 0 Å². The van der Waals surface area contributed by atoms with E-state index in [2.05, 4.69) is 80.3 Å². The minimum Gasteiger partial charge on any atom is -0.246 e. The van der Waals surface area contributed by atoms with Gasteiger partial charge >= 0.3 is 19.5 Å². The molecule has 0 aliphatic rings. The molecule has 0 fully saturated rings. The minimum absolute atomic E-state index is 0. The van der Waals surface area contributed by atoms with E-state index in [-0.39, 0.29) is 19.5 Å². The number of hydrogen-bond acceptors (Lipinski definition) is 6. The number of aromatic nitrogens is 4. The third kappa shape index (κ3) is 11.1. The fraction of sp³-hybridized carbons (Fsp3) is 0.0870. The second kappa shape index (κ2) is 20.8. The van der Waals surface area contributed by atoms with E-state index in [1.54, 1.807) is 0 Å². The molecule has 0 saturated heterocycles. The molecule has 8 aromatic rings. The number of unbranched alkanes of at least 4 members (excludes halogenated alkanes) is 2. The smallest absolute Gasteiger partial charge is 0.246 e. The van der Waals surface area contributed by atoms with Crippen LogP contribution in [0.1, 0.15) is 25.7 Å². The van der Waals surface area contributed by atoms with Crippen molar-refractivity contribution >= 4 is 43.6 Å². The van der Waals surface area contributed by atoms with Gasteiger partial charge < -0.3 is 0 Å². The van der Waals surface area contributed by atoms with E-state index in [9.17, 15) is 0 Å². The number of pyridine rings is 4. The Bertz CT molecular complexity index is 2240. The van der Waals surface area contributed by atoms with Gasteiger partial charge in [-0.05, 0) is 48.5 Å². The average molecular weight is 772 g/mol. The molecule has 0 unspecified atom stereocenters. The van der Waals surface area contributed by atoms with E-state index in [4.69, 9.17) is 23.4 Å². The number of para-hydroxylation sites is 4. The molecule has 0 atom stereocenters. The number of fused-ring (bicyclic) bond motifs is 4. The maximum Gasteiger partial charge on any atom is 2.00 e. The molecule has 53 heavy (non-hydrogen) atoms. The second-order valence-corrected chi connectivity index (χ2v) is 11.3. The van der Waals surface area contributed by atoms with E-state index in [1.807, 2.05) is 109 Å². The summed E-state index contributed by atoms with van der Waals surface area (Å²) in [6, 6.07) is 52.8. The van der Waals surface area contributed by atoms with Gasteiger partial charge in [-0.15, -0.1) is 24.7 Å². The minimum atomic E-state index is 0. The molecule has 0 radical (unpaired) electrons. The van der Waals surface area contributed by atoms with E-state index in [1.165, 1.54) is 0 Å². The fourth-order valence-corrected chi connectivity index (χ4v) is 5.09. The third-order valence-electron chi connectivity index (χ3n) is 7.68. The monoisotopic (exact) mass is 772 g/mol. The quantitative estimate of drug-likeness (QED) is 0.100. The maximum atomic E-state index is 7.85. The van der Waals surface area contributed by atoms with Crippen molar-refractivity contribution in [3.63, 3.8) is 0 Å². The molecule has 0 bridgehead atoms. The van der Waals surface area contributed by atoms with Crippen molar-refractivity contribution in [3.05, 3.63) is 146 Å². The molecule has 6 nitrogen and oxygen atoms in total. The molecule has 7 heteroatoms. The first-order valence-electron chi connectivity index (χ1n) is 16.7. The number of terminal acetylenes is 2. The molecular formula is C46H34N6Ru+2. The van der Waals surface area contributed by atoms with E-state index < -0.39 is 0 Å². The van der Waals surface area contributed by atoms with Gasteiger partial charge in [-0.25, -0.2) is 19.9 Å². The summed E-state index contributed by atoms with van der Waals surface area (Å²) in [6.45, 7) is 0. The summed E-state index contributed by atoms with van der Waals surface area (Å²) in [5.74, 6) is 4.69. The third-order valence-corrected chi connectivity index (χ3v) is 7.68. The van der Waals surface area contributed by atoms with Crippen molar-refractivity contribution < 1.29 is 19.5 Å². The fourth-order valence-electron chi connectivity index (χ4n) is 5.09. The molecule has 0 N–H and O–H groups in total. The summed E-state index contributed by atoms with van der Waals surface area (Å²) in [7, 11) is 0. The maximum absolute atomic E-state index is 7.85. The van der Waals surface area contributed by atoms with Crippen molar-refractivity contribution in [1.29, 1.82) is 10.5 Å². The average Bonchev–Trinajstić information content (AvgIpc) is 3.22. The van der Waals surface area contributed by atoms with E-state index in [0.29, 0.717) is 25.7 Å². The van der Waals surface area contributed by atoms with Gasteiger partial charge in [-0.2, -0.15) is 10.5 Å². The summed E-state index contributed by atoms with van der Waals surface area (Å²) in [5.41, 5.74) is 7.65. The molecule has 4 aromatic carbocycles. The Morgan fingerprint density at radius 3 is 0.811 bits per heavy atom. The first kappa shape index (κ1) is 39.0. The molecule has 0 aliphatic carbocycles. The van der Waals surface area contributed by atoms with Crippen LogP contribution in [-0.2, 0) is 19.5 Å². The summed E-state index contributed by atoms with van der Waals surface area (Å²) in [5, 5.41) is 20.3. The van der Waals surface area contributed by atoms with Crippen molar-refractivity contribution in [3.8, 4) is 59.6 Å². The zero-order valence-electron chi connectivity index (χ0n) is 28.9. The topological polar surface area (TPSA) is 99.1 Å². The number of rotatable bonds is 4. The number of hydrogen-bond donors (Lipinski definition) is 0. The van der Waals surface area contributed by atoms with Gasteiger partial charge in [0.1, 0.15) is 0 Å².